The quantitative estimate of drug-likeness (QED) is 0.175. The molecule has 0 radical (unpaired) electrons. The molecule has 190 valence electrons. The van der Waals surface area contributed by atoms with Gasteiger partial charge in [-0.25, -0.2) is 0 Å². The lowest BCUT2D eigenvalue weighted by atomic mass is 9.93. The van der Waals surface area contributed by atoms with E-state index in [2.05, 4.69) is 11.6 Å². The average Bonchev–Trinajstić information content (AvgIpc) is 3.16. The molecule has 2 heterocycles. The van der Waals surface area contributed by atoms with Crippen molar-refractivity contribution in [3.63, 3.8) is 0 Å². The first kappa shape index (κ1) is 25.7. The Morgan fingerprint density at radius 1 is 1.11 bits per heavy atom. The number of ether oxygens (including phenoxy) is 2. The van der Waals surface area contributed by atoms with Crippen LogP contribution in [-0.4, -0.2) is 39.9 Å². The van der Waals surface area contributed by atoms with Crippen LogP contribution in [0.5, 0.6) is 11.5 Å². The van der Waals surface area contributed by atoms with Gasteiger partial charge in [-0.3, -0.25) is 14.6 Å². The molecule has 0 saturated carbocycles. The van der Waals surface area contributed by atoms with Gasteiger partial charge in [-0.1, -0.05) is 37.8 Å². The summed E-state index contributed by atoms with van der Waals surface area (Å²) < 4.78 is 11.3. The van der Waals surface area contributed by atoms with Gasteiger partial charge in [0.25, 0.3) is 11.7 Å². The highest BCUT2D eigenvalue weighted by atomic mass is 16.5. The predicted octanol–water partition coefficient (Wildman–Crippen LogP) is 5.37. The molecule has 0 bridgehead atoms. The molecule has 1 N–H and O–H groups in total. The number of Topliss-reactive ketones (excluding diaryl/α,β-unsaturated/α-hetero) is 1. The Kier molecular flexibility index (Phi) is 8.03. The van der Waals surface area contributed by atoms with Crippen molar-refractivity contribution in [3.05, 3.63) is 107 Å². The van der Waals surface area contributed by atoms with Crippen LogP contribution < -0.4 is 9.47 Å². The molecular weight excluding hydrogens is 468 g/mol. The summed E-state index contributed by atoms with van der Waals surface area (Å²) in [5.41, 5.74) is 2.69. The van der Waals surface area contributed by atoms with E-state index in [-0.39, 0.29) is 17.9 Å². The van der Waals surface area contributed by atoms with Gasteiger partial charge in [0, 0.05) is 24.5 Å². The van der Waals surface area contributed by atoms with Gasteiger partial charge in [-0.2, -0.15) is 0 Å². The molecule has 0 unspecified atom stereocenters. The number of aliphatic hydroxyl groups excluding tert-OH is 1. The smallest absolute Gasteiger partial charge is 0.295 e. The minimum absolute atomic E-state index is 0.0407. The number of aryl methyl sites for hydroxylation is 1. The van der Waals surface area contributed by atoms with Gasteiger partial charge in [-0.05, 0) is 66.4 Å². The normalized spacial score (nSPS) is 16.6. The highest BCUT2D eigenvalue weighted by molar-refractivity contribution is 6.46. The molecule has 0 spiro atoms. The Labute approximate surface area is 216 Å². The van der Waals surface area contributed by atoms with Crippen LogP contribution in [0.25, 0.3) is 5.76 Å². The number of pyridine rings is 1. The Morgan fingerprint density at radius 3 is 2.51 bits per heavy atom. The number of likely N-dealkylation sites (tertiary alicyclic amines) is 1. The maximum atomic E-state index is 13.3. The van der Waals surface area contributed by atoms with E-state index >= 15 is 0 Å². The third-order valence-electron chi connectivity index (χ3n) is 6.11. The molecule has 1 saturated heterocycles. The van der Waals surface area contributed by atoms with Crippen LogP contribution in [0.3, 0.4) is 0 Å². The van der Waals surface area contributed by atoms with Gasteiger partial charge in [0.15, 0.2) is 0 Å². The average molecular weight is 499 g/mol. The molecule has 3 aromatic rings. The second-order valence-corrected chi connectivity index (χ2v) is 8.78. The van der Waals surface area contributed by atoms with Gasteiger partial charge in [0.1, 0.15) is 23.9 Å². The van der Waals surface area contributed by atoms with Crippen molar-refractivity contribution in [3.8, 4) is 11.5 Å². The first-order chi connectivity index (χ1) is 17.9. The summed E-state index contributed by atoms with van der Waals surface area (Å²) in [6.07, 6.45) is 5.83. The molecule has 7 heteroatoms. The van der Waals surface area contributed by atoms with E-state index in [9.17, 15) is 14.7 Å². The molecule has 7 nitrogen and oxygen atoms in total. The zero-order valence-electron chi connectivity index (χ0n) is 21.0. The van der Waals surface area contributed by atoms with Crippen molar-refractivity contribution in [1.82, 2.24) is 9.88 Å². The first-order valence-electron chi connectivity index (χ1n) is 12.2. The fourth-order valence-electron chi connectivity index (χ4n) is 4.34. The molecule has 4 rings (SSSR count). The van der Waals surface area contributed by atoms with E-state index in [1.54, 1.807) is 60.9 Å². The Morgan fingerprint density at radius 2 is 1.86 bits per heavy atom. The molecule has 1 atom stereocenters. The van der Waals surface area contributed by atoms with Crippen LogP contribution in [0.15, 0.2) is 85.2 Å². The molecule has 1 fully saturated rings. The standard InChI is InChI=1S/C30H30N2O5/c1-4-15-36-23-10-8-22(9-11-23)27-26(28(33)25-13-12-24(17-20(25)3)37-16-5-2)29(34)30(35)32(27)19-21-7-6-14-31-18-21/h4,6-14,17-18,27,33H,1,5,15-16,19H2,2-3H3/t27-/m0/s1. The van der Waals surface area contributed by atoms with E-state index in [1.807, 2.05) is 26.0 Å². The number of carbonyl (C=O) groups excluding carboxylic acids is 2. The Hall–Kier alpha value is -4.39. The van der Waals surface area contributed by atoms with Crippen LogP contribution >= 0.6 is 0 Å². The van der Waals surface area contributed by atoms with Crippen LogP contribution in [0.4, 0.5) is 0 Å². The molecular formula is C30H30N2O5. The number of nitrogens with zero attached hydrogens (tertiary/aromatic N) is 2. The van der Waals surface area contributed by atoms with Crippen molar-refractivity contribution in [2.45, 2.75) is 32.9 Å². The SMILES string of the molecule is C=CCOc1ccc([C@H]2C(=C(O)c3ccc(OCCC)cc3C)C(=O)C(=O)N2Cc2cccnc2)cc1. The second kappa shape index (κ2) is 11.6. The summed E-state index contributed by atoms with van der Waals surface area (Å²) in [4.78, 5) is 32.2. The topological polar surface area (TPSA) is 89.0 Å². The summed E-state index contributed by atoms with van der Waals surface area (Å²) in [6.45, 7) is 8.61. The van der Waals surface area contributed by atoms with Gasteiger partial charge in [0.05, 0.1) is 18.2 Å². The highest BCUT2D eigenvalue weighted by Crippen LogP contribution is 2.41. The number of aromatic nitrogens is 1. The number of ketones is 1. The molecule has 1 amide bonds. The molecule has 2 aromatic carbocycles. The number of aliphatic hydroxyl groups is 1. The van der Waals surface area contributed by atoms with Crippen LogP contribution in [-0.2, 0) is 16.1 Å². The Bertz CT molecular complexity index is 1320. The summed E-state index contributed by atoms with van der Waals surface area (Å²) in [6, 6.07) is 15.3. The number of hydrogen-bond donors (Lipinski definition) is 1. The maximum absolute atomic E-state index is 13.3. The van der Waals surface area contributed by atoms with Crippen LogP contribution in [0.1, 0.15) is 41.6 Å². The lowest BCUT2D eigenvalue weighted by molar-refractivity contribution is -0.140. The van der Waals surface area contributed by atoms with E-state index in [0.29, 0.717) is 35.8 Å². The third-order valence-corrected chi connectivity index (χ3v) is 6.11. The van der Waals surface area contributed by atoms with Crippen molar-refractivity contribution < 1.29 is 24.2 Å². The minimum atomic E-state index is -0.788. The van der Waals surface area contributed by atoms with Crippen LogP contribution in [0.2, 0.25) is 0 Å². The zero-order valence-corrected chi connectivity index (χ0v) is 21.0. The van der Waals surface area contributed by atoms with E-state index in [0.717, 1.165) is 17.5 Å². The monoisotopic (exact) mass is 498 g/mol. The molecule has 1 aromatic heterocycles. The fourth-order valence-corrected chi connectivity index (χ4v) is 4.34. The number of benzene rings is 2. The van der Waals surface area contributed by atoms with Crippen molar-refractivity contribution >= 4 is 17.4 Å². The lowest BCUT2D eigenvalue weighted by Gasteiger charge is -2.25. The zero-order chi connectivity index (χ0) is 26.4. The first-order valence-corrected chi connectivity index (χ1v) is 12.2. The Balaban J connectivity index is 1.79. The molecule has 1 aliphatic heterocycles. The number of hydrogen-bond acceptors (Lipinski definition) is 6. The van der Waals surface area contributed by atoms with Gasteiger partial charge in [0.2, 0.25) is 0 Å². The highest BCUT2D eigenvalue weighted by Gasteiger charge is 2.46. The van der Waals surface area contributed by atoms with Crippen LogP contribution in [0, 0.1) is 6.92 Å². The second-order valence-electron chi connectivity index (χ2n) is 8.78. The van der Waals surface area contributed by atoms with Crippen molar-refractivity contribution in [1.29, 1.82) is 0 Å². The number of amides is 1. The van der Waals surface area contributed by atoms with Gasteiger partial charge < -0.3 is 19.5 Å². The lowest BCUT2D eigenvalue weighted by Crippen LogP contribution is -2.29. The summed E-state index contributed by atoms with van der Waals surface area (Å²) in [5.74, 6) is -0.318. The summed E-state index contributed by atoms with van der Waals surface area (Å²) in [5, 5.41) is 11.4. The van der Waals surface area contributed by atoms with E-state index in [4.69, 9.17) is 9.47 Å². The number of carbonyl (C=O) groups is 2. The largest absolute Gasteiger partial charge is 0.507 e. The molecule has 1 aliphatic rings. The van der Waals surface area contributed by atoms with Gasteiger partial charge >= 0.3 is 0 Å². The number of rotatable bonds is 10. The summed E-state index contributed by atoms with van der Waals surface area (Å²) >= 11 is 0. The van der Waals surface area contributed by atoms with Crippen molar-refractivity contribution in [2.75, 3.05) is 13.2 Å². The van der Waals surface area contributed by atoms with E-state index < -0.39 is 17.7 Å². The van der Waals surface area contributed by atoms with E-state index in [1.165, 1.54) is 4.90 Å². The third kappa shape index (κ3) is 5.56. The predicted molar refractivity (Wildman–Crippen MR) is 141 cm³/mol. The molecule has 0 aliphatic carbocycles. The van der Waals surface area contributed by atoms with Crippen molar-refractivity contribution in [2.24, 2.45) is 0 Å². The maximum Gasteiger partial charge on any atom is 0.295 e. The fraction of sp³-hybridized carbons (Fsp3) is 0.233. The summed E-state index contributed by atoms with van der Waals surface area (Å²) in [7, 11) is 0. The van der Waals surface area contributed by atoms with Gasteiger partial charge in [-0.15, -0.1) is 0 Å². The molecule has 37 heavy (non-hydrogen) atoms. The minimum Gasteiger partial charge on any atom is -0.507 e.